The first-order valence-electron chi connectivity index (χ1n) is 6.79. The Labute approximate surface area is 123 Å². The van der Waals surface area contributed by atoms with Crippen molar-refractivity contribution in [1.82, 2.24) is 14.9 Å². The van der Waals surface area contributed by atoms with E-state index in [1.807, 2.05) is 0 Å². The minimum atomic E-state index is 0.538. The van der Waals surface area contributed by atoms with Crippen molar-refractivity contribution < 1.29 is 0 Å². The topological polar surface area (TPSA) is 44.3 Å². The van der Waals surface area contributed by atoms with E-state index in [4.69, 9.17) is 0 Å². The predicted octanol–water partition coefficient (Wildman–Crippen LogP) is 2.20. The highest BCUT2D eigenvalue weighted by molar-refractivity contribution is 9.10. The van der Waals surface area contributed by atoms with E-state index in [-0.39, 0.29) is 0 Å². The molecule has 1 N–H and O–H groups in total. The van der Waals surface area contributed by atoms with Crippen LogP contribution in [0.3, 0.4) is 0 Å². The molecule has 0 spiro atoms. The Morgan fingerprint density at radius 2 is 2.26 bits per heavy atom. The van der Waals surface area contributed by atoms with Crippen molar-refractivity contribution in [2.75, 3.05) is 43.9 Å². The Balaban J connectivity index is 2.22. The number of nitrogens with zero attached hydrogens (tertiary/aromatic N) is 4. The number of hydrogen-bond donors (Lipinski definition) is 1. The fourth-order valence-corrected chi connectivity index (χ4v) is 3.15. The van der Waals surface area contributed by atoms with Crippen LogP contribution in [0.2, 0.25) is 0 Å². The Morgan fingerprint density at radius 3 is 2.95 bits per heavy atom. The fourth-order valence-electron chi connectivity index (χ4n) is 2.58. The zero-order valence-corrected chi connectivity index (χ0v) is 13.4. The number of nitrogens with one attached hydrogen (secondary N) is 1. The van der Waals surface area contributed by atoms with Gasteiger partial charge in [-0.05, 0) is 49.8 Å². The molecule has 0 amide bonds. The molecule has 1 atom stereocenters. The van der Waals surface area contributed by atoms with Gasteiger partial charge in [0.15, 0.2) is 0 Å². The van der Waals surface area contributed by atoms with Gasteiger partial charge in [-0.25, -0.2) is 9.97 Å². The molecule has 6 heteroatoms. The molecule has 1 aromatic heterocycles. The lowest BCUT2D eigenvalue weighted by Gasteiger charge is -2.29. The summed E-state index contributed by atoms with van der Waals surface area (Å²) in [5.41, 5.74) is 0. The summed E-state index contributed by atoms with van der Waals surface area (Å²) >= 11 is 3.64. The van der Waals surface area contributed by atoms with E-state index in [1.165, 1.54) is 12.8 Å². The normalized spacial score (nSPS) is 19.2. The lowest BCUT2D eigenvalue weighted by Crippen LogP contribution is -2.38. The Bertz CT molecular complexity index is 423. The third-order valence-corrected chi connectivity index (χ3v) is 4.07. The van der Waals surface area contributed by atoms with E-state index < -0.39 is 0 Å². The molecule has 106 valence electrons. The standard InChI is InChI=1S/C13H22BrN5/c1-4-15-12-11(14)13(17-9-16-12)19-7-5-6-10(19)8-18(2)3/h9-10H,4-8H2,1-3H3,(H,15,16,17). The highest BCUT2D eigenvalue weighted by Crippen LogP contribution is 2.33. The van der Waals surface area contributed by atoms with Crippen molar-refractivity contribution in [3.63, 3.8) is 0 Å². The Hall–Kier alpha value is -0.880. The molecule has 1 aliphatic rings. The average molecular weight is 328 g/mol. The second-order valence-electron chi connectivity index (χ2n) is 5.14. The highest BCUT2D eigenvalue weighted by Gasteiger charge is 2.28. The largest absolute Gasteiger partial charge is 0.369 e. The summed E-state index contributed by atoms with van der Waals surface area (Å²) in [7, 11) is 4.24. The van der Waals surface area contributed by atoms with Crippen molar-refractivity contribution >= 4 is 27.6 Å². The molecular formula is C13H22BrN5. The van der Waals surface area contributed by atoms with Crippen LogP contribution >= 0.6 is 15.9 Å². The van der Waals surface area contributed by atoms with E-state index in [1.54, 1.807) is 6.33 Å². The van der Waals surface area contributed by atoms with Gasteiger partial charge in [-0.15, -0.1) is 0 Å². The lowest BCUT2D eigenvalue weighted by molar-refractivity contribution is 0.371. The first-order valence-corrected chi connectivity index (χ1v) is 7.58. The quantitative estimate of drug-likeness (QED) is 0.898. The van der Waals surface area contributed by atoms with Crippen molar-refractivity contribution in [3.8, 4) is 0 Å². The van der Waals surface area contributed by atoms with Crippen LogP contribution in [0.5, 0.6) is 0 Å². The zero-order valence-electron chi connectivity index (χ0n) is 11.9. The first-order chi connectivity index (χ1) is 9.13. The molecule has 2 heterocycles. The van der Waals surface area contributed by atoms with Crippen LogP contribution in [-0.4, -0.2) is 54.6 Å². The van der Waals surface area contributed by atoms with Crippen LogP contribution in [0, 0.1) is 0 Å². The van der Waals surface area contributed by atoms with Gasteiger partial charge in [-0.1, -0.05) is 0 Å². The number of likely N-dealkylation sites (N-methyl/N-ethyl adjacent to an activating group) is 1. The number of aromatic nitrogens is 2. The molecule has 0 saturated carbocycles. The molecule has 0 aromatic carbocycles. The second kappa shape index (κ2) is 6.52. The van der Waals surface area contributed by atoms with Crippen molar-refractivity contribution in [3.05, 3.63) is 10.8 Å². The number of hydrogen-bond acceptors (Lipinski definition) is 5. The van der Waals surface area contributed by atoms with Crippen molar-refractivity contribution in [2.24, 2.45) is 0 Å². The number of rotatable bonds is 5. The molecule has 1 fully saturated rings. The summed E-state index contributed by atoms with van der Waals surface area (Å²) in [5, 5.41) is 3.26. The minimum absolute atomic E-state index is 0.538. The summed E-state index contributed by atoms with van der Waals surface area (Å²) < 4.78 is 0.975. The summed E-state index contributed by atoms with van der Waals surface area (Å²) in [5.74, 6) is 1.89. The SMILES string of the molecule is CCNc1ncnc(N2CCCC2CN(C)C)c1Br. The van der Waals surface area contributed by atoms with Gasteiger partial charge in [0.2, 0.25) is 0 Å². The maximum Gasteiger partial charge on any atom is 0.148 e. The van der Waals surface area contributed by atoms with Gasteiger partial charge in [0.25, 0.3) is 0 Å². The minimum Gasteiger partial charge on any atom is -0.369 e. The molecule has 19 heavy (non-hydrogen) atoms. The van der Waals surface area contributed by atoms with E-state index in [2.05, 4.69) is 62.0 Å². The first kappa shape index (κ1) is 14.5. The maximum atomic E-state index is 4.47. The molecule has 2 rings (SSSR count). The molecule has 0 radical (unpaired) electrons. The van der Waals surface area contributed by atoms with Gasteiger partial charge in [0, 0.05) is 25.7 Å². The molecule has 1 aromatic rings. The van der Waals surface area contributed by atoms with Crippen molar-refractivity contribution in [2.45, 2.75) is 25.8 Å². The van der Waals surface area contributed by atoms with Gasteiger partial charge in [0.1, 0.15) is 22.4 Å². The van der Waals surface area contributed by atoms with Crippen LogP contribution in [0.1, 0.15) is 19.8 Å². The van der Waals surface area contributed by atoms with Crippen LogP contribution in [0.25, 0.3) is 0 Å². The lowest BCUT2D eigenvalue weighted by atomic mass is 10.2. The van der Waals surface area contributed by atoms with Gasteiger partial charge in [0.05, 0.1) is 0 Å². The monoisotopic (exact) mass is 327 g/mol. The molecule has 1 aliphatic heterocycles. The molecule has 0 aliphatic carbocycles. The Kier molecular flexibility index (Phi) is 4.99. The third kappa shape index (κ3) is 3.36. The smallest absolute Gasteiger partial charge is 0.148 e. The van der Waals surface area contributed by atoms with Gasteiger partial charge >= 0.3 is 0 Å². The molecule has 1 saturated heterocycles. The summed E-state index contributed by atoms with van der Waals surface area (Å²) in [4.78, 5) is 13.4. The van der Waals surface area contributed by atoms with Gasteiger partial charge in [-0.2, -0.15) is 0 Å². The van der Waals surface area contributed by atoms with Crippen LogP contribution < -0.4 is 10.2 Å². The van der Waals surface area contributed by atoms with Crippen molar-refractivity contribution in [1.29, 1.82) is 0 Å². The van der Waals surface area contributed by atoms with E-state index in [0.717, 1.165) is 35.7 Å². The molecular weight excluding hydrogens is 306 g/mol. The maximum absolute atomic E-state index is 4.47. The third-order valence-electron chi connectivity index (χ3n) is 3.34. The van der Waals surface area contributed by atoms with Crippen LogP contribution in [0.4, 0.5) is 11.6 Å². The van der Waals surface area contributed by atoms with Gasteiger partial charge < -0.3 is 15.1 Å². The summed E-state index contributed by atoms with van der Waals surface area (Å²) in [6.07, 6.45) is 4.10. The molecule has 0 bridgehead atoms. The van der Waals surface area contributed by atoms with E-state index in [0.29, 0.717) is 6.04 Å². The Morgan fingerprint density at radius 1 is 1.47 bits per heavy atom. The molecule has 5 nitrogen and oxygen atoms in total. The average Bonchev–Trinajstić information content (AvgIpc) is 2.79. The zero-order chi connectivity index (χ0) is 13.8. The highest BCUT2D eigenvalue weighted by atomic mass is 79.9. The second-order valence-corrected chi connectivity index (χ2v) is 5.93. The molecule has 1 unspecified atom stereocenters. The van der Waals surface area contributed by atoms with Gasteiger partial charge in [-0.3, -0.25) is 0 Å². The number of halogens is 1. The van der Waals surface area contributed by atoms with E-state index in [9.17, 15) is 0 Å². The summed E-state index contributed by atoms with van der Waals surface area (Å²) in [6, 6.07) is 0.538. The van der Waals surface area contributed by atoms with Crippen LogP contribution in [-0.2, 0) is 0 Å². The predicted molar refractivity (Wildman–Crippen MR) is 82.8 cm³/mol. The van der Waals surface area contributed by atoms with Crippen LogP contribution in [0.15, 0.2) is 10.8 Å². The van der Waals surface area contributed by atoms with E-state index >= 15 is 0 Å². The summed E-state index contributed by atoms with van der Waals surface area (Å²) in [6.45, 7) is 5.06. The number of anilines is 2. The fraction of sp³-hybridized carbons (Fsp3) is 0.692.